The number of hydrogen-bond acceptors (Lipinski definition) is 8. The summed E-state index contributed by atoms with van der Waals surface area (Å²) >= 11 is 0. The molecule has 4 atom stereocenters. The first-order valence-electron chi connectivity index (χ1n) is 16.0. The van der Waals surface area contributed by atoms with Crippen LogP contribution in [0.3, 0.4) is 0 Å². The highest BCUT2D eigenvalue weighted by Crippen LogP contribution is 2.41. The Kier molecular flexibility index (Phi) is 9.11. The Morgan fingerprint density at radius 1 is 1.23 bits per heavy atom. The van der Waals surface area contributed by atoms with Gasteiger partial charge in [-0.2, -0.15) is 28.4 Å². The fourth-order valence-corrected chi connectivity index (χ4v) is 6.79. The molecule has 1 saturated carbocycles. The third kappa shape index (κ3) is 7.18. The second-order valence-corrected chi connectivity index (χ2v) is 12.7. The van der Waals surface area contributed by atoms with E-state index in [0.29, 0.717) is 49.1 Å². The molecule has 3 fully saturated rings. The highest BCUT2D eigenvalue weighted by molar-refractivity contribution is 5.92. The molecule has 3 aromatic heterocycles. The van der Waals surface area contributed by atoms with E-state index >= 15 is 0 Å². The van der Waals surface area contributed by atoms with Gasteiger partial charge >= 0.3 is 6.18 Å². The fourth-order valence-electron chi connectivity index (χ4n) is 6.79. The van der Waals surface area contributed by atoms with Crippen LogP contribution in [0, 0.1) is 17.8 Å². The molecular formula is C30H38F5N9O3. The third-order valence-electron chi connectivity index (χ3n) is 9.37. The van der Waals surface area contributed by atoms with Crippen molar-refractivity contribution in [3.8, 4) is 0 Å². The summed E-state index contributed by atoms with van der Waals surface area (Å²) in [5, 5.41) is 14.3. The van der Waals surface area contributed by atoms with Gasteiger partial charge in [-0.05, 0) is 45.1 Å². The molecule has 17 heteroatoms. The maximum Gasteiger partial charge on any atom is 0.393 e. The number of anilines is 1. The summed E-state index contributed by atoms with van der Waals surface area (Å²) in [5.74, 6) is -6.17. The standard InChI is InChI=1S/C30H38F5N9O3/c1-3-43-23(6-9-37-43)27(46)39-24(18-4-7-29(31,32)8-5-18)22-16-44-28(38-22)40-25(42-10-11-47-17(2)15-42)21(41-44)13-19-12-20(30(33,34)35)14-36-26(19)45/h6,9,16-20,24H,3-5,7-8,10-15H2,1-2H3,(H,36,45)(H,39,46)/t17-,19-,20-,24+/m1/s1. The average Bonchev–Trinajstić information content (AvgIpc) is 3.67. The fraction of sp³-hybridized carbons (Fsp3) is 0.667. The maximum absolute atomic E-state index is 14.2. The van der Waals surface area contributed by atoms with Gasteiger partial charge in [0.05, 0.1) is 36.6 Å². The molecule has 6 rings (SSSR count). The number of piperidine rings is 1. The molecule has 1 aliphatic carbocycles. The van der Waals surface area contributed by atoms with Crippen LogP contribution in [-0.4, -0.2) is 85.6 Å². The summed E-state index contributed by atoms with van der Waals surface area (Å²) in [7, 11) is 0. The first-order valence-corrected chi connectivity index (χ1v) is 16.0. The minimum atomic E-state index is -4.46. The molecule has 256 valence electrons. The molecule has 0 unspecified atom stereocenters. The average molecular weight is 668 g/mol. The van der Waals surface area contributed by atoms with Crippen molar-refractivity contribution in [2.24, 2.45) is 17.8 Å². The number of nitrogens with one attached hydrogen (secondary N) is 2. The number of imidazole rings is 1. The van der Waals surface area contributed by atoms with E-state index in [1.54, 1.807) is 12.3 Å². The molecule has 5 heterocycles. The van der Waals surface area contributed by atoms with Gasteiger partial charge < -0.3 is 20.3 Å². The number of carbonyl (C=O) groups is 2. The van der Waals surface area contributed by atoms with E-state index in [1.807, 2.05) is 18.7 Å². The van der Waals surface area contributed by atoms with Crippen LogP contribution in [0.1, 0.15) is 73.9 Å². The smallest absolute Gasteiger partial charge is 0.375 e. The minimum Gasteiger partial charge on any atom is -0.375 e. The largest absolute Gasteiger partial charge is 0.393 e. The number of amides is 2. The van der Waals surface area contributed by atoms with Crippen molar-refractivity contribution in [2.75, 3.05) is 31.1 Å². The van der Waals surface area contributed by atoms with Gasteiger partial charge in [0.25, 0.3) is 11.7 Å². The number of hydrogen-bond donors (Lipinski definition) is 2. The third-order valence-corrected chi connectivity index (χ3v) is 9.37. The molecule has 2 saturated heterocycles. The first-order chi connectivity index (χ1) is 22.3. The predicted molar refractivity (Wildman–Crippen MR) is 158 cm³/mol. The topological polar surface area (TPSA) is 132 Å². The van der Waals surface area contributed by atoms with Crippen molar-refractivity contribution in [3.63, 3.8) is 0 Å². The van der Waals surface area contributed by atoms with Crippen LogP contribution < -0.4 is 15.5 Å². The van der Waals surface area contributed by atoms with Crippen molar-refractivity contribution in [3.05, 3.63) is 35.5 Å². The van der Waals surface area contributed by atoms with E-state index in [0.717, 1.165) is 0 Å². The zero-order valence-corrected chi connectivity index (χ0v) is 26.1. The van der Waals surface area contributed by atoms with Crippen LogP contribution in [0.4, 0.5) is 27.8 Å². The molecule has 2 aliphatic heterocycles. The number of fused-ring (bicyclic) bond motifs is 1. The van der Waals surface area contributed by atoms with E-state index < -0.39 is 48.3 Å². The normalized spacial score (nSPS) is 24.7. The second kappa shape index (κ2) is 13.0. The summed E-state index contributed by atoms with van der Waals surface area (Å²) in [6.45, 7) is 4.98. The lowest BCUT2D eigenvalue weighted by molar-refractivity contribution is -0.183. The van der Waals surface area contributed by atoms with Gasteiger partial charge in [0.15, 0.2) is 5.82 Å². The van der Waals surface area contributed by atoms with E-state index in [9.17, 15) is 31.5 Å². The van der Waals surface area contributed by atoms with Crippen LogP contribution in [0.5, 0.6) is 0 Å². The molecule has 0 bridgehead atoms. The number of ether oxygens (including phenoxy) is 1. The zero-order valence-electron chi connectivity index (χ0n) is 26.1. The van der Waals surface area contributed by atoms with Crippen molar-refractivity contribution in [2.45, 2.75) is 83.2 Å². The van der Waals surface area contributed by atoms with Gasteiger partial charge in [-0.1, -0.05) is 0 Å². The Hall–Kier alpha value is -3.89. The van der Waals surface area contributed by atoms with Gasteiger partial charge in [0.1, 0.15) is 11.4 Å². The number of nitrogens with zero attached hydrogens (tertiary/aromatic N) is 7. The first kappa shape index (κ1) is 33.0. The van der Waals surface area contributed by atoms with E-state index in [2.05, 4.69) is 15.7 Å². The summed E-state index contributed by atoms with van der Waals surface area (Å²) in [5.41, 5.74) is 0.998. The molecule has 3 aromatic rings. The number of alkyl halides is 5. The van der Waals surface area contributed by atoms with Crippen molar-refractivity contribution >= 4 is 23.4 Å². The van der Waals surface area contributed by atoms with Crippen molar-refractivity contribution < 1.29 is 36.3 Å². The van der Waals surface area contributed by atoms with Crippen molar-refractivity contribution in [1.82, 2.24) is 40.0 Å². The molecule has 0 radical (unpaired) electrons. The van der Waals surface area contributed by atoms with Gasteiger partial charge in [-0.25, -0.2) is 18.3 Å². The Morgan fingerprint density at radius 3 is 2.70 bits per heavy atom. The molecule has 2 N–H and O–H groups in total. The Morgan fingerprint density at radius 2 is 2.00 bits per heavy atom. The molecule has 0 aromatic carbocycles. The SMILES string of the molecule is CCn1nccc1C(=O)N[C@H](c1cn2nc(C[C@H]3C[C@@H](C(F)(F)F)CNC3=O)c(N3CCO[C@H](C)C3)nc2n1)C1CCC(F)(F)CC1. The van der Waals surface area contributed by atoms with Gasteiger partial charge in [-0.3, -0.25) is 14.3 Å². The number of carbonyl (C=O) groups excluding carboxylic acids is 2. The summed E-state index contributed by atoms with van der Waals surface area (Å²) in [6, 6.07) is 0.818. The zero-order chi connectivity index (χ0) is 33.5. The van der Waals surface area contributed by atoms with Gasteiger partial charge in [-0.15, -0.1) is 0 Å². The van der Waals surface area contributed by atoms with Gasteiger partial charge in [0.2, 0.25) is 11.8 Å². The molecule has 2 amide bonds. The lowest BCUT2D eigenvalue weighted by atomic mass is 9.81. The summed E-state index contributed by atoms with van der Waals surface area (Å²) in [4.78, 5) is 37.6. The van der Waals surface area contributed by atoms with Crippen LogP contribution in [0.2, 0.25) is 0 Å². The Bertz CT molecular complexity index is 1600. The number of rotatable bonds is 8. The highest BCUT2D eigenvalue weighted by Gasteiger charge is 2.45. The van der Waals surface area contributed by atoms with Crippen LogP contribution in [0.25, 0.3) is 5.78 Å². The van der Waals surface area contributed by atoms with Crippen LogP contribution in [-0.2, 0) is 22.5 Å². The van der Waals surface area contributed by atoms with E-state index in [-0.39, 0.29) is 56.3 Å². The quantitative estimate of drug-likeness (QED) is 0.348. The van der Waals surface area contributed by atoms with Crippen LogP contribution in [0.15, 0.2) is 18.5 Å². The number of aryl methyl sites for hydroxylation is 1. The van der Waals surface area contributed by atoms with Crippen LogP contribution >= 0.6 is 0 Å². The molecule has 47 heavy (non-hydrogen) atoms. The number of morpholine rings is 1. The number of aromatic nitrogens is 6. The number of halogens is 5. The minimum absolute atomic E-state index is 0.0885. The van der Waals surface area contributed by atoms with Gasteiger partial charge in [0, 0.05) is 57.6 Å². The summed E-state index contributed by atoms with van der Waals surface area (Å²) in [6.07, 6.45) is -2.36. The monoisotopic (exact) mass is 667 g/mol. The molecule has 3 aliphatic rings. The lowest BCUT2D eigenvalue weighted by Crippen LogP contribution is -2.47. The molecule has 0 spiro atoms. The van der Waals surface area contributed by atoms with Crippen molar-refractivity contribution in [1.29, 1.82) is 0 Å². The Labute approximate surface area is 267 Å². The molecular weight excluding hydrogens is 629 g/mol. The molecule has 12 nitrogen and oxygen atoms in total. The second-order valence-electron chi connectivity index (χ2n) is 12.7. The van der Waals surface area contributed by atoms with E-state index in [4.69, 9.17) is 19.8 Å². The highest BCUT2D eigenvalue weighted by atomic mass is 19.4. The summed E-state index contributed by atoms with van der Waals surface area (Å²) < 4.78 is 77.7. The predicted octanol–water partition coefficient (Wildman–Crippen LogP) is 3.72. The Balaban J connectivity index is 1.37. The lowest BCUT2D eigenvalue weighted by Gasteiger charge is -2.34. The maximum atomic E-state index is 14.2. The van der Waals surface area contributed by atoms with E-state index in [1.165, 1.54) is 15.4 Å².